The fraction of sp³-hybridized carbons (Fsp3) is 0. The summed E-state index contributed by atoms with van der Waals surface area (Å²) in [6.45, 7) is 0. The minimum Gasteiger partial charge on any atom is -0.399 e. The summed E-state index contributed by atoms with van der Waals surface area (Å²) in [7, 11) is 0. The van der Waals surface area contributed by atoms with Crippen LogP contribution in [0.3, 0.4) is 0 Å². The number of halogens is 1. The van der Waals surface area contributed by atoms with E-state index in [1.54, 1.807) is 17.5 Å². The van der Waals surface area contributed by atoms with E-state index in [2.05, 4.69) is 20.9 Å². The van der Waals surface area contributed by atoms with Crippen molar-refractivity contribution in [3.05, 3.63) is 34.2 Å². The summed E-state index contributed by atoms with van der Waals surface area (Å²) in [5.74, 6) is 0. The molecule has 0 saturated heterocycles. The Balaban J connectivity index is 2.41. The van der Waals surface area contributed by atoms with E-state index in [-0.39, 0.29) is 0 Å². The van der Waals surface area contributed by atoms with Crippen molar-refractivity contribution in [1.82, 2.24) is 4.98 Å². The maximum Gasteiger partial charge on any atom is 0.124 e. The smallest absolute Gasteiger partial charge is 0.124 e. The third-order valence-corrected chi connectivity index (χ3v) is 3.16. The summed E-state index contributed by atoms with van der Waals surface area (Å²) in [5, 5.41) is 1.01. The molecule has 4 heteroatoms. The highest BCUT2D eigenvalue weighted by Crippen LogP contribution is 2.28. The second-order valence-electron chi connectivity index (χ2n) is 2.59. The van der Waals surface area contributed by atoms with Gasteiger partial charge in [-0.2, -0.15) is 0 Å². The Hall–Kier alpha value is -0.870. The normalized spacial score (nSPS) is 10.2. The maximum absolute atomic E-state index is 5.58. The molecule has 2 aromatic rings. The van der Waals surface area contributed by atoms with Gasteiger partial charge in [-0.3, -0.25) is 0 Å². The van der Waals surface area contributed by atoms with Gasteiger partial charge in [-0.15, -0.1) is 11.3 Å². The number of rotatable bonds is 1. The van der Waals surface area contributed by atoms with E-state index in [0.717, 1.165) is 20.0 Å². The molecule has 1 aromatic heterocycles. The monoisotopic (exact) mass is 254 g/mol. The first-order valence-electron chi connectivity index (χ1n) is 3.73. The zero-order chi connectivity index (χ0) is 9.26. The summed E-state index contributed by atoms with van der Waals surface area (Å²) >= 11 is 4.99. The van der Waals surface area contributed by atoms with E-state index < -0.39 is 0 Å². The van der Waals surface area contributed by atoms with Gasteiger partial charge in [0, 0.05) is 11.3 Å². The van der Waals surface area contributed by atoms with Crippen LogP contribution in [-0.4, -0.2) is 4.98 Å². The highest BCUT2D eigenvalue weighted by Gasteiger charge is 2.01. The molecule has 0 amide bonds. The predicted molar refractivity (Wildman–Crippen MR) is 59.7 cm³/mol. The molecule has 0 bridgehead atoms. The number of hydrogen-bond acceptors (Lipinski definition) is 3. The van der Waals surface area contributed by atoms with Crippen molar-refractivity contribution in [1.29, 1.82) is 0 Å². The highest BCUT2D eigenvalue weighted by atomic mass is 79.9. The van der Waals surface area contributed by atoms with Crippen molar-refractivity contribution in [2.75, 3.05) is 5.73 Å². The van der Waals surface area contributed by atoms with Crippen LogP contribution in [-0.2, 0) is 0 Å². The molecule has 0 spiro atoms. The molecule has 2 rings (SSSR count). The van der Waals surface area contributed by atoms with E-state index in [1.165, 1.54) is 0 Å². The van der Waals surface area contributed by atoms with Gasteiger partial charge in [-0.05, 0) is 40.2 Å². The van der Waals surface area contributed by atoms with Crippen LogP contribution in [0, 0.1) is 0 Å². The Morgan fingerprint density at radius 2 is 1.92 bits per heavy atom. The molecule has 0 radical (unpaired) electrons. The van der Waals surface area contributed by atoms with Gasteiger partial charge in [0.25, 0.3) is 0 Å². The molecule has 0 aliphatic rings. The van der Waals surface area contributed by atoms with E-state index >= 15 is 0 Å². The molecule has 13 heavy (non-hydrogen) atoms. The molecule has 0 unspecified atom stereocenters. The van der Waals surface area contributed by atoms with Gasteiger partial charge in [0.15, 0.2) is 0 Å². The summed E-state index contributed by atoms with van der Waals surface area (Å²) < 4.78 is 1.04. The number of nitrogen functional groups attached to an aromatic ring is 1. The Bertz CT molecular complexity index is 408. The van der Waals surface area contributed by atoms with Crippen LogP contribution < -0.4 is 5.73 Å². The van der Waals surface area contributed by atoms with Crippen LogP contribution in [0.25, 0.3) is 10.6 Å². The molecule has 0 saturated carbocycles. The molecule has 0 aliphatic carbocycles. The Labute approximate surface area is 88.6 Å². The van der Waals surface area contributed by atoms with Crippen molar-refractivity contribution in [3.63, 3.8) is 0 Å². The van der Waals surface area contributed by atoms with Gasteiger partial charge in [-0.1, -0.05) is 0 Å². The minimum absolute atomic E-state index is 0.777. The summed E-state index contributed by atoms with van der Waals surface area (Å²) in [4.78, 5) is 4.25. The summed E-state index contributed by atoms with van der Waals surface area (Å²) in [6, 6.07) is 7.70. The van der Waals surface area contributed by atoms with Crippen LogP contribution in [0.1, 0.15) is 0 Å². The zero-order valence-corrected chi connectivity index (χ0v) is 9.10. The van der Waals surface area contributed by atoms with Crippen molar-refractivity contribution < 1.29 is 0 Å². The fourth-order valence-corrected chi connectivity index (χ4v) is 2.23. The maximum atomic E-state index is 5.58. The Kier molecular flexibility index (Phi) is 2.33. The van der Waals surface area contributed by atoms with Crippen molar-refractivity contribution in [2.24, 2.45) is 0 Å². The molecule has 2 N–H and O–H groups in total. The number of anilines is 1. The number of aromatic nitrogens is 1. The SMILES string of the molecule is Nc1ccc(-c2ncc(Br)s2)cc1. The van der Waals surface area contributed by atoms with E-state index in [1.807, 2.05) is 24.3 Å². The van der Waals surface area contributed by atoms with Crippen LogP contribution in [0.5, 0.6) is 0 Å². The number of nitrogens with zero attached hydrogens (tertiary/aromatic N) is 1. The topological polar surface area (TPSA) is 38.9 Å². The number of benzene rings is 1. The standard InChI is InChI=1S/C9H7BrN2S/c10-8-5-12-9(13-8)6-1-3-7(11)4-2-6/h1-5H,11H2. The third kappa shape index (κ3) is 1.89. The lowest BCUT2D eigenvalue weighted by atomic mass is 10.2. The summed E-state index contributed by atoms with van der Waals surface area (Å²) in [5.41, 5.74) is 7.46. The van der Waals surface area contributed by atoms with Gasteiger partial charge in [0.1, 0.15) is 5.01 Å². The van der Waals surface area contributed by atoms with Gasteiger partial charge in [-0.25, -0.2) is 4.98 Å². The van der Waals surface area contributed by atoms with Gasteiger partial charge in [0.2, 0.25) is 0 Å². The van der Waals surface area contributed by atoms with E-state index in [0.29, 0.717) is 0 Å². The fourth-order valence-electron chi connectivity index (χ4n) is 1.01. The first-order chi connectivity index (χ1) is 6.25. The molecule has 0 fully saturated rings. The molecule has 1 heterocycles. The molecule has 66 valence electrons. The lowest BCUT2D eigenvalue weighted by Crippen LogP contribution is -1.82. The molecular formula is C9H7BrN2S. The van der Waals surface area contributed by atoms with Crippen LogP contribution in [0.4, 0.5) is 5.69 Å². The minimum atomic E-state index is 0.777. The van der Waals surface area contributed by atoms with Crippen LogP contribution >= 0.6 is 27.3 Å². The molecule has 2 nitrogen and oxygen atoms in total. The largest absolute Gasteiger partial charge is 0.399 e. The van der Waals surface area contributed by atoms with Gasteiger partial charge in [0.05, 0.1) is 9.98 Å². The van der Waals surface area contributed by atoms with Crippen molar-refractivity contribution in [2.45, 2.75) is 0 Å². The average molecular weight is 255 g/mol. The number of thiazole rings is 1. The second-order valence-corrected chi connectivity index (χ2v) is 5.00. The first-order valence-corrected chi connectivity index (χ1v) is 5.34. The number of nitrogens with two attached hydrogens (primary N) is 1. The highest BCUT2D eigenvalue weighted by molar-refractivity contribution is 9.11. The summed E-state index contributed by atoms with van der Waals surface area (Å²) in [6.07, 6.45) is 1.80. The molecule has 1 aromatic carbocycles. The lowest BCUT2D eigenvalue weighted by Gasteiger charge is -1.95. The van der Waals surface area contributed by atoms with Gasteiger partial charge < -0.3 is 5.73 Å². The van der Waals surface area contributed by atoms with Crippen molar-refractivity contribution in [3.8, 4) is 10.6 Å². The Morgan fingerprint density at radius 1 is 1.23 bits per heavy atom. The van der Waals surface area contributed by atoms with E-state index in [9.17, 15) is 0 Å². The van der Waals surface area contributed by atoms with Gasteiger partial charge >= 0.3 is 0 Å². The molecular weight excluding hydrogens is 248 g/mol. The van der Waals surface area contributed by atoms with Crippen LogP contribution in [0.15, 0.2) is 34.2 Å². The van der Waals surface area contributed by atoms with Crippen LogP contribution in [0.2, 0.25) is 0 Å². The average Bonchev–Trinajstić information content (AvgIpc) is 2.53. The quantitative estimate of drug-likeness (QED) is 0.795. The Morgan fingerprint density at radius 3 is 2.46 bits per heavy atom. The predicted octanol–water partition coefficient (Wildman–Crippen LogP) is 3.15. The van der Waals surface area contributed by atoms with E-state index in [4.69, 9.17) is 5.73 Å². The second kappa shape index (κ2) is 3.47. The zero-order valence-electron chi connectivity index (χ0n) is 6.70. The third-order valence-electron chi connectivity index (χ3n) is 1.64. The number of hydrogen-bond donors (Lipinski definition) is 1. The molecule has 0 aliphatic heterocycles. The molecule has 0 atom stereocenters. The van der Waals surface area contributed by atoms with Crippen molar-refractivity contribution >= 4 is 33.0 Å². The lowest BCUT2D eigenvalue weighted by molar-refractivity contribution is 1.41. The first kappa shape index (κ1) is 8.72.